The molecule has 1 aromatic carbocycles. The number of benzene rings is 1. The Morgan fingerprint density at radius 2 is 2.08 bits per heavy atom. The fourth-order valence-corrected chi connectivity index (χ4v) is 2.64. The highest BCUT2D eigenvalue weighted by Gasteiger charge is 2.41. The zero-order valence-corrected chi connectivity index (χ0v) is 14.3. The molecule has 25 heavy (non-hydrogen) atoms. The van der Waals surface area contributed by atoms with Crippen molar-refractivity contribution in [1.29, 1.82) is 5.26 Å². The second-order valence-electron chi connectivity index (χ2n) is 5.59. The van der Waals surface area contributed by atoms with Gasteiger partial charge < -0.3 is 9.47 Å². The molecule has 7 heteroatoms. The second kappa shape index (κ2) is 8.94. The number of amides is 3. The molecule has 0 fully saturated rings. The van der Waals surface area contributed by atoms with E-state index < -0.39 is 24.1 Å². The third-order valence-corrected chi connectivity index (χ3v) is 3.91. The SMILES string of the molecule is CCOC(=O)N1C(=O)N=C(C)C(C#N)C1COCCc1ccccc1. The van der Waals surface area contributed by atoms with Crippen molar-refractivity contribution < 1.29 is 19.1 Å². The predicted molar refractivity (Wildman–Crippen MR) is 91.2 cm³/mol. The minimum atomic E-state index is -0.805. The first-order valence-corrected chi connectivity index (χ1v) is 8.14. The van der Waals surface area contributed by atoms with Crippen LogP contribution in [0.1, 0.15) is 19.4 Å². The number of aliphatic imine (C=N–C) groups is 1. The highest BCUT2D eigenvalue weighted by Crippen LogP contribution is 2.22. The van der Waals surface area contributed by atoms with Gasteiger partial charge in [-0.15, -0.1) is 0 Å². The van der Waals surface area contributed by atoms with Crippen molar-refractivity contribution in [2.24, 2.45) is 10.9 Å². The minimum absolute atomic E-state index is 0.0580. The first kappa shape index (κ1) is 18.6. The van der Waals surface area contributed by atoms with Crippen LogP contribution >= 0.6 is 0 Å². The topological polar surface area (TPSA) is 92.0 Å². The molecule has 2 atom stereocenters. The zero-order valence-electron chi connectivity index (χ0n) is 14.3. The summed E-state index contributed by atoms with van der Waals surface area (Å²) in [6.07, 6.45) is -0.105. The molecule has 3 amide bonds. The van der Waals surface area contributed by atoms with E-state index in [1.807, 2.05) is 30.3 Å². The normalized spacial score (nSPS) is 20.0. The Kier molecular flexibility index (Phi) is 6.66. The molecule has 132 valence electrons. The average Bonchev–Trinajstić information content (AvgIpc) is 2.59. The van der Waals surface area contributed by atoms with Crippen molar-refractivity contribution >= 4 is 17.8 Å². The van der Waals surface area contributed by atoms with E-state index in [-0.39, 0.29) is 13.2 Å². The lowest BCUT2D eigenvalue weighted by Crippen LogP contribution is -2.54. The number of rotatable bonds is 6. The van der Waals surface area contributed by atoms with Crippen LogP contribution in [0.5, 0.6) is 0 Å². The van der Waals surface area contributed by atoms with Gasteiger partial charge in [0, 0.05) is 5.71 Å². The maximum absolute atomic E-state index is 12.1. The zero-order chi connectivity index (χ0) is 18.2. The number of hydrogen-bond acceptors (Lipinski definition) is 5. The van der Waals surface area contributed by atoms with Crippen molar-refractivity contribution in [1.82, 2.24) is 4.90 Å². The molecule has 0 bridgehead atoms. The number of urea groups is 1. The van der Waals surface area contributed by atoms with Crippen LogP contribution in [0.2, 0.25) is 0 Å². The summed E-state index contributed by atoms with van der Waals surface area (Å²) in [5.74, 6) is -0.709. The van der Waals surface area contributed by atoms with Gasteiger partial charge in [0.15, 0.2) is 0 Å². The molecule has 0 aliphatic carbocycles. The van der Waals surface area contributed by atoms with Crippen LogP contribution in [0.25, 0.3) is 0 Å². The molecule has 1 aliphatic heterocycles. The first-order valence-electron chi connectivity index (χ1n) is 8.14. The molecule has 0 aromatic heterocycles. The van der Waals surface area contributed by atoms with Crippen molar-refractivity contribution in [3.05, 3.63) is 35.9 Å². The Labute approximate surface area is 146 Å². The lowest BCUT2D eigenvalue weighted by molar-refractivity contribution is 0.0527. The van der Waals surface area contributed by atoms with Gasteiger partial charge in [-0.3, -0.25) is 0 Å². The average molecular weight is 343 g/mol. The number of carbonyl (C=O) groups excluding carboxylic acids is 2. The monoisotopic (exact) mass is 343 g/mol. The van der Waals surface area contributed by atoms with Gasteiger partial charge in [-0.1, -0.05) is 30.3 Å². The molecule has 7 nitrogen and oxygen atoms in total. The molecule has 1 aliphatic rings. The summed E-state index contributed by atoms with van der Waals surface area (Å²) < 4.78 is 10.6. The third-order valence-electron chi connectivity index (χ3n) is 3.91. The van der Waals surface area contributed by atoms with E-state index in [0.29, 0.717) is 18.7 Å². The van der Waals surface area contributed by atoms with Crippen LogP contribution in [0.15, 0.2) is 35.3 Å². The third kappa shape index (κ3) is 4.64. The van der Waals surface area contributed by atoms with Gasteiger partial charge in [0.25, 0.3) is 0 Å². The van der Waals surface area contributed by atoms with E-state index in [1.54, 1.807) is 13.8 Å². The van der Waals surface area contributed by atoms with E-state index in [1.165, 1.54) is 0 Å². The summed E-state index contributed by atoms with van der Waals surface area (Å²) in [6, 6.07) is 10.5. The molecule has 0 saturated heterocycles. The number of ether oxygens (including phenoxy) is 2. The van der Waals surface area contributed by atoms with Gasteiger partial charge in [0.2, 0.25) is 0 Å². The summed E-state index contributed by atoms with van der Waals surface area (Å²) in [6.45, 7) is 3.85. The molecule has 1 heterocycles. The quantitative estimate of drug-likeness (QED) is 0.741. The van der Waals surface area contributed by atoms with Crippen LogP contribution in [0.3, 0.4) is 0 Å². The van der Waals surface area contributed by atoms with Gasteiger partial charge in [0.1, 0.15) is 5.92 Å². The van der Waals surface area contributed by atoms with Crippen LogP contribution < -0.4 is 0 Å². The predicted octanol–water partition coefficient (Wildman–Crippen LogP) is 2.81. The number of nitrogens with zero attached hydrogens (tertiary/aromatic N) is 3. The number of carbonyl (C=O) groups is 2. The van der Waals surface area contributed by atoms with Gasteiger partial charge in [-0.2, -0.15) is 5.26 Å². The lowest BCUT2D eigenvalue weighted by atomic mass is 9.94. The molecular weight excluding hydrogens is 322 g/mol. The van der Waals surface area contributed by atoms with Crippen molar-refractivity contribution in [2.75, 3.05) is 19.8 Å². The Hall–Kier alpha value is -2.72. The summed E-state index contributed by atoms with van der Waals surface area (Å²) in [5, 5.41) is 9.41. The number of imide groups is 1. The molecule has 0 N–H and O–H groups in total. The Morgan fingerprint density at radius 3 is 2.72 bits per heavy atom. The fraction of sp³-hybridized carbons (Fsp3) is 0.444. The largest absolute Gasteiger partial charge is 0.449 e. The maximum Gasteiger partial charge on any atom is 0.418 e. The van der Waals surface area contributed by atoms with Gasteiger partial charge in [-0.05, 0) is 25.8 Å². The lowest BCUT2D eigenvalue weighted by Gasteiger charge is -2.33. The number of hydrogen-bond donors (Lipinski definition) is 0. The highest BCUT2D eigenvalue weighted by molar-refractivity contribution is 6.04. The van der Waals surface area contributed by atoms with E-state index in [0.717, 1.165) is 10.5 Å². The molecule has 0 radical (unpaired) electrons. The fourth-order valence-electron chi connectivity index (χ4n) is 2.64. The molecular formula is C18H21N3O4. The summed E-state index contributed by atoms with van der Waals surface area (Å²) in [5.41, 5.74) is 1.50. The molecule has 2 unspecified atom stereocenters. The van der Waals surface area contributed by atoms with E-state index in [4.69, 9.17) is 9.47 Å². The smallest absolute Gasteiger partial charge is 0.418 e. The van der Waals surface area contributed by atoms with Crippen LogP contribution in [-0.2, 0) is 15.9 Å². The van der Waals surface area contributed by atoms with Gasteiger partial charge >= 0.3 is 12.1 Å². The summed E-state index contributed by atoms with van der Waals surface area (Å²) in [4.78, 5) is 28.9. The van der Waals surface area contributed by atoms with Crippen molar-refractivity contribution in [3.8, 4) is 6.07 Å². The minimum Gasteiger partial charge on any atom is -0.449 e. The van der Waals surface area contributed by atoms with Crippen LogP contribution in [0.4, 0.5) is 9.59 Å². The second-order valence-corrected chi connectivity index (χ2v) is 5.59. The standard InChI is InChI=1S/C18H21N3O4/c1-3-25-18(23)21-16(15(11-19)13(2)20-17(21)22)12-24-10-9-14-7-5-4-6-8-14/h4-8,15-16H,3,9-10,12H2,1-2H3. The molecule has 1 aromatic rings. The Bertz CT molecular complexity index is 681. The van der Waals surface area contributed by atoms with Gasteiger partial charge in [-0.25, -0.2) is 19.5 Å². The van der Waals surface area contributed by atoms with E-state index >= 15 is 0 Å². The summed E-state index contributed by atoms with van der Waals surface area (Å²) in [7, 11) is 0. The molecule has 2 rings (SSSR count). The first-order chi connectivity index (χ1) is 12.1. The van der Waals surface area contributed by atoms with Crippen LogP contribution in [-0.4, -0.2) is 48.6 Å². The highest BCUT2D eigenvalue weighted by atomic mass is 16.6. The molecule has 0 spiro atoms. The maximum atomic E-state index is 12.1. The molecule has 0 saturated carbocycles. The van der Waals surface area contributed by atoms with Gasteiger partial charge in [0.05, 0.1) is 31.9 Å². The summed E-state index contributed by atoms with van der Waals surface area (Å²) >= 11 is 0. The Balaban J connectivity index is 2.04. The number of nitriles is 1. The van der Waals surface area contributed by atoms with Crippen molar-refractivity contribution in [3.63, 3.8) is 0 Å². The van der Waals surface area contributed by atoms with E-state index in [2.05, 4.69) is 11.1 Å². The Morgan fingerprint density at radius 1 is 1.36 bits per heavy atom. The van der Waals surface area contributed by atoms with Crippen molar-refractivity contribution in [2.45, 2.75) is 26.3 Å². The van der Waals surface area contributed by atoms with E-state index in [9.17, 15) is 14.9 Å². The van der Waals surface area contributed by atoms with Crippen LogP contribution in [0, 0.1) is 17.2 Å².